The van der Waals surface area contributed by atoms with Crippen molar-refractivity contribution in [3.63, 3.8) is 0 Å². The number of hydrogen-bond donors (Lipinski definition) is 0. The molecule has 12 heavy (non-hydrogen) atoms. The van der Waals surface area contributed by atoms with Crippen molar-refractivity contribution in [3.05, 3.63) is 22.8 Å². The zero-order valence-corrected chi connectivity index (χ0v) is 12.8. The average molecular weight is 497 g/mol. The molecule has 0 aromatic heterocycles. The molecule has 0 radical (unpaired) electrons. The first-order chi connectivity index (χ1) is 5.65. The van der Waals surface area contributed by atoms with Crippen LogP contribution in [0.15, 0.2) is 17.1 Å². The van der Waals surface area contributed by atoms with E-state index in [1.165, 1.54) is 10.7 Å². The van der Waals surface area contributed by atoms with E-state index >= 15 is 0 Å². The Hall–Kier alpha value is 1.08. The summed E-state index contributed by atoms with van der Waals surface area (Å²) in [4.78, 5) is 4.23. The van der Waals surface area contributed by atoms with Crippen LogP contribution < -0.4 is 0 Å². The van der Waals surface area contributed by atoms with Gasteiger partial charge in [0.15, 0.2) is 0 Å². The van der Waals surface area contributed by atoms with Gasteiger partial charge in [0.25, 0.3) is 0 Å². The third kappa shape index (κ3) is 2.79. The number of aliphatic imine (C=N–C) groups is 1. The lowest BCUT2D eigenvalue weighted by molar-refractivity contribution is 1.45. The highest BCUT2D eigenvalue weighted by molar-refractivity contribution is 14.1. The van der Waals surface area contributed by atoms with Crippen LogP contribution in [0.25, 0.3) is 0 Å². The van der Waals surface area contributed by atoms with E-state index in [0.717, 1.165) is 5.69 Å². The maximum absolute atomic E-state index is 4.23. The van der Waals surface area contributed by atoms with Gasteiger partial charge in [-0.2, -0.15) is 0 Å². The van der Waals surface area contributed by atoms with Crippen LogP contribution in [0.4, 0.5) is 5.69 Å². The van der Waals surface area contributed by atoms with Crippen LogP contribution in [0, 0.1) is 10.7 Å². The van der Waals surface area contributed by atoms with Crippen LogP contribution in [-0.4, -0.2) is 6.21 Å². The van der Waals surface area contributed by atoms with E-state index in [1.807, 2.05) is 13.1 Å². The molecular formula is C8H6I3N. The lowest BCUT2D eigenvalue weighted by Gasteiger charge is -2.01. The summed E-state index contributed by atoms with van der Waals surface area (Å²) in [6, 6.07) is 4.18. The molecule has 0 heterocycles. The van der Waals surface area contributed by atoms with Crippen molar-refractivity contribution in [3.8, 4) is 0 Å². The Balaban J connectivity index is 3.21. The molecule has 0 fully saturated rings. The van der Waals surface area contributed by atoms with E-state index in [-0.39, 0.29) is 0 Å². The van der Waals surface area contributed by atoms with Gasteiger partial charge < -0.3 is 0 Å². The van der Waals surface area contributed by atoms with Gasteiger partial charge in [0.1, 0.15) is 0 Å². The second-order valence-electron chi connectivity index (χ2n) is 2.11. The first-order valence-corrected chi connectivity index (χ1v) is 6.52. The van der Waals surface area contributed by atoms with Gasteiger partial charge >= 0.3 is 0 Å². The predicted octanol–water partition coefficient (Wildman–Crippen LogP) is 4.22. The van der Waals surface area contributed by atoms with Crippen LogP contribution in [0.1, 0.15) is 6.92 Å². The molecule has 0 atom stereocenters. The van der Waals surface area contributed by atoms with Crippen molar-refractivity contribution in [1.29, 1.82) is 0 Å². The average Bonchev–Trinajstić information content (AvgIpc) is 2.01. The number of halogens is 3. The third-order valence-electron chi connectivity index (χ3n) is 1.25. The van der Waals surface area contributed by atoms with E-state index in [4.69, 9.17) is 0 Å². The molecule has 0 aliphatic heterocycles. The van der Waals surface area contributed by atoms with E-state index in [1.54, 1.807) is 0 Å². The standard InChI is InChI=1S/C8H6I3N/c1-2-12-5-3-6(9)8(11)7(10)4-5/h2-4H,1H3. The molecule has 0 saturated heterocycles. The summed E-state index contributed by atoms with van der Waals surface area (Å²) in [6.45, 7) is 1.93. The van der Waals surface area contributed by atoms with Gasteiger partial charge in [-0.05, 0) is 86.8 Å². The van der Waals surface area contributed by atoms with Crippen molar-refractivity contribution in [1.82, 2.24) is 0 Å². The Morgan fingerprint density at radius 1 is 1.17 bits per heavy atom. The zero-order chi connectivity index (χ0) is 9.14. The van der Waals surface area contributed by atoms with Crippen LogP contribution in [-0.2, 0) is 0 Å². The van der Waals surface area contributed by atoms with E-state index < -0.39 is 0 Å². The lowest BCUT2D eigenvalue weighted by Crippen LogP contribution is -1.84. The highest BCUT2D eigenvalue weighted by Gasteiger charge is 2.02. The van der Waals surface area contributed by atoms with Crippen molar-refractivity contribution in [2.75, 3.05) is 0 Å². The van der Waals surface area contributed by atoms with Crippen LogP contribution >= 0.6 is 67.8 Å². The molecule has 0 unspecified atom stereocenters. The Labute approximate surface area is 113 Å². The molecule has 0 N–H and O–H groups in total. The summed E-state index contributed by atoms with van der Waals surface area (Å²) in [5.74, 6) is 0. The fourth-order valence-corrected chi connectivity index (χ4v) is 2.81. The minimum atomic E-state index is 1.03. The number of benzene rings is 1. The third-order valence-corrected chi connectivity index (χ3v) is 6.17. The summed E-state index contributed by atoms with van der Waals surface area (Å²) in [5.41, 5.74) is 1.03. The van der Waals surface area contributed by atoms with Gasteiger partial charge in [-0.15, -0.1) is 0 Å². The van der Waals surface area contributed by atoms with Crippen LogP contribution in [0.2, 0.25) is 0 Å². The van der Waals surface area contributed by atoms with Gasteiger partial charge in [-0.1, -0.05) is 0 Å². The van der Waals surface area contributed by atoms with Gasteiger partial charge in [-0.25, -0.2) is 0 Å². The molecule has 0 spiro atoms. The number of hydrogen-bond acceptors (Lipinski definition) is 1. The van der Waals surface area contributed by atoms with Gasteiger partial charge in [0.05, 0.1) is 5.69 Å². The minimum absolute atomic E-state index is 1.03. The van der Waals surface area contributed by atoms with Gasteiger partial charge in [0, 0.05) is 16.9 Å². The Kier molecular flexibility index (Phi) is 4.73. The van der Waals surface area contributed by atoms with Crippen molar-refractivity contribution in [2.24, 2.45) is 4.99 Å². The second kappa shape index (κ2) is 5.08. The molecule has 1 nitrogen and oxygen atoms in total. The fourth-order valence-electron chi connectivity index (χ4n) is 0.766. The zero-order valence-electron chi connectivity index (χ0n) is 6.31. The topological polar surface area (TPSA) is 12.4 Å². The Bertz CT molecular complexity index is 297. The molecule has 1 aromatic carbocycles. The molecule has 0 bridgehead atoms. The van der Waals surface area contributed by atoms with Gasteiger partial charge in [0.2, 0.25) is 0 Å². The molecular weight excluding hydrogens is 491 g/mol. The Morgan fingerprint density at radius 2 is 1.67 bits per heavy atom. The first kappa shape index (κ1) is 11.2. The van der Waals surface area contributed by atoms with Gasteiger partial charge in [-0.3, -0.25) is 4.99 Å². The van der Waals surface area contributed by atoms with E-state index in [0.29, 0.717) is 0 Å². The first-order valence-electron chi connectivity index (χ1n) is 3.28. The summed E-state index contributed by atoms with van der Waals surface area (Å²) >= 11 is 7.01. The normalized spacial score (nSPS) is 11.0. The van der Waals surface area contributed by atoms with Crippen LogP contribution in [0.3, 0.4) is 0 Å². The molecule has 1 aromatic rings. The van der Waals surface area contributed by atoms with E-state index in [2.05, 4.69) is 84.9 Å². The highest BCUT2D eigenvalue weighted by Crippen LogP contribution is 2.26. The molecule has 0 aliphatic carbocycles. The van der Waals surface area contributed by atoms with Crippen LogP contribution in [0.5, 0.6) is 0 Å². The highest BCUT2D eigenvalue weighted by atomic mass is 127. The summed E-state index contributed by atoms with van der Waals surface area (Å²) in [7, 11) is 0. The Morgan fingerprint density at radius 3 is 2.08 bits per heavy atom. The summed E-state index contributed by atoms with van der Waals surface area (Å²) in [5, 5.41) is 0. The number of nitrogens with zero attached hydrogens (tertiary/aromatic N) is 1. The molecule has 64 valence electrons. The lowest BCUT2D eigenvalue weighted by atomic mass is 10.3. The molecule has 4 heteroatoms. The van der Waals surface area contributed by atoms with Crippen molar-refractivity contribution in [2.45, 2.75) is 6.92 Å². The van der Waals surface area contributed by atoms with E-state index in [9.17, 15) is 0 Å². The monoisotopic (exact) mass is 497 g/mol. The number of rotatable bonds is 1. The quantitative estimate of drug-likeness (QED) is 0.314. The maximum atomic E-state index is 4.23. The minimum Gasteiger partial charge on any atom is -0.261 e. The summed E-state index contributed by atoms with van der Waals surface area (Å²) in [6.07, 6.45) is 1.81. The maximum Gasteiger partial charge on any atom is 0.0647 e. The van der Waals surface area contributed by atoms with Crippen molar-refractivity contribution < 1.29 is 0 Å². The smallest absolute Gasteiger partial charge is 0.0647 e. The summed E-state index contributed by atoms with van der Waals surface area (Å²) < 4.78 is 3.84. The predicted molar refractivity (Wildman–Crippen MR) is 78.4 cm³/mol. The largest absolute Gasteiger partial charge is 0.261 e. The SMILES string of the molecule is CC=Nc1cc(I)c(I)c(I)c1. The fraction of sp³-hybridized carbons (Fsp3) is 0.125. The molecule has 1 rings (SSSR count). The second-order valence-corrected chi connectivity index (χ2v) is 5.51. The molecule has 0 amide bonds. The molecule has 0 saturated carbocycles. The van der Waals surface area contributed by atoms with Crippen molar-refractivity contribution >= 4 is 79.7 Å². The molecule has 0 aliphatic rings.